The van der Waals surface area contributed by atoms with Crippen molar-refractivity contribution in [2.75, 3.05) is 0 Å². The molecule has 7 nitrogen and oxygen atoms in total. The summed E-state index contributed by atoms with van der Waals surface area (Å²) in [6.07, 6.45) is 1.17. The van der Waals surface area contributed by atoms with Gasteiger partial charge in [0.15, 0.2) is 0 Å². The summed E-state index contributed by atoms with van der Waals surface area (Å²) in [6.45, 7) is 1.95. The molecule has 0 aliphatic heterocycles. The Morgan fingerprint density at radius 2 is 2.10 bits per heavy atom. The molecule has 3 aromatic rings. The van der Waals surface area contributed by atoms with Crippen molar-refractivity contribution in [3.8, 4) is 11.6 Å². The second kappa shape index (κ2) is 4.78. The van der Waals surface area contributed by atoms with Crippen LogP contribution in [0.2, 0.25) is 5.15 Å². The number of fused-ring (bicyclic) bond motifs is 1. The van der Waals surface area contributed by atoms with Crippen LogP contribution in [0.4, 0.5) is 5.82 Å². The molecule has 8 heteroatoms. The maximum atomic E-state index is 10.9. The van der Waals surface area contributed by atoms with Gasteiger partial charge in [-0.1, -0.05) is 23.2 Å². The lowest BCUT2D eigenvalue weighted by Gasteiger charge is -2.03. The Balaban J connectivity index is 2.22. The molecule has 0 saturated heterocycles. The highest BCUT2D eigenvalue weighted by molar-refractivity contribution is 6.34. The predicted molar refractivity (Wildman–Crippen MR) is 78.1 cm³/mol. The van der Waals surface area contributed by atoms with E-state index in [-0.39, 0.29) is 11.6 Å². The fourth-order valence-electron chi connectivity index (χ4n) is 2.08. The molecule has 0 atom stereocenters. The van der Waals surface area contributed by atoms with Crippen LogP contribution in [-0.2, 0) is 7.05 Å². The standard InChI is InChI=1S/C13H10ClN5O2/c1-7-3-4-9-8(5-7)11(14)17-12(16-9)13-15-6-10(18(13)2)19(20)21/h3-6H,1-2H3. The minimum atomic E-state index is -0.511. The van der Waals surface area contributed by atoms with Gasteiger partial charge in [0.05, 0.1) is 12.6 Å². The Morgan fingerprint density at radius 3 is 2.76 bits per heavy atom. The quantitative estimate of drug-likeness (QED) is 0.413. The largest absolute Gasteiger partial charge is 0.358 e. The smallest absolute Gasteiger partial charge is 0.343 e. The van der Waals surface area contributed by atoms with Gasteiger partial charge in [-0.3, -0.25) is 0 Å². The average Bonchev–Trinajstić information content (AvgIpc) is 2.81. The van der Waals surface area contributed by atoms with Gasteiger partial charge in [0, 0.05) is 5.39 Å². The molecule has 0 spiro atoms. The molecule has 0 N–H and O–H groups in total. The molecule has 0 bridgehead atoms. The van der Waals surface area contributed by atoms with Crippen molar-refractivity contribution in [1.29, 1.82) is 0 Å². The van der Waals surface area contributed by atoms with Gasteiger partial charge >= 0.3 is 5.82 Å². The van der Waals surface area contributed by atoms with Crippen molar-refractivity contribution in [1.82, 2.24) is 19.5 Å². The number of hydrogen-bond acceptors (Lipinski definition) is 5. The van der Waals surface area contributed by atoms with E-state index in [0.29, 0.717) is 16.5 Å². The summed E-state index contributed by atoms with van der Waals surface area (Å²) >= 11 is 6.18. The van der Waals surface area contributed by atoms with Crippen LogP contribution in [0.1, 0.15) is 5.56 Å². The van der Waals surface area contributed by atoms with Gasteiger partial charge in [0.1, 0.15) is 11.3 Å². The number of aryl methyl sites for hydroxylation is 1. The first-order valence-corrected chi connectivity index (χ1v) is 6.45. The van der Waals surface area contributed by atoms with Crippen LogP contribution >= 0.6 is 11.6 Å². The molecule has 0 saturated carbocycles. The molecule has 0 aliphatic carbocycles. The molecule has 0 fully saturated rings. The fraction of sp³-hybridized carbons (Fsp3) is 0.154. The van der Waals surface area contributed by atoms with Crippen LogP contribution < -0.4 is 0 Å². The molecule has 1 aromatic carbocycles. The first-order valence-electron chi connectivity index (χ1n) is 6.08. The van der Waals surface area contributed by atoms with Crippen molar-refractivity contribution >= 4 is 28.3 Å². The van der Waals surface area contributed by atoms with Crippen molar-refractivity contribution < 1.29 is 4.92 Å². The molecule has 2 heterocycles. The van der Waals surface area contributed by atoms with Gasteiger partial charge in [-0.15, -0.1) is 0 Å². The summed E-state index contributed by atoms with van der Waals surface area (Å²) in [4.78, 5) is 22.9. The zero-order chi connectivity index (χ0) is 15.1. The highest BCUT2D eigenvalue weighted by Gasteiger charge is 2.21. The predicted octanol–water partition coefficient (Wildman–Crippen LogP) is 2.90. The second-order valence-corrected chi connectivity index (χ2v) is 4.97. The van der Waals surface area contributed by atoms with E-state index in [1.165, 1.54) is 17.8 Å². The summed E-state index contributed by atoms with van der Waals surface area (Å²) in [5.74, 6) is 0.423. The van der Waals surface area contributed by atoms with E-state index in [1.54, 1.807) is 0 Å². The van der Waals surface area contributed by atoms with Crippen LogP contribution in [0.5, 0.6) is 0 Å². The van der Waals surface area contributed by atoms with Crippen LogP contribution in [-0.4, -0.2) is 24.4 Å². The van der Waals surface area contributed by atoms with E-state index >= 15 is 0 Å². The molecule has 21 heavy (non-hydrogen) atoms. The summed E-state index contributed by atoms with van der Waals surface area (Å²) in [5.41, 5.74) is 1.72. The van der Waals surface area contributed by atoms with E-state index in [1.807, 2.05) is 25.1 Å². The van der Waals surface area contributed by atoms with Crippen molar-refractivity contribution in [2.24, 2.45) is 7.05 Å². The van der Waals surface area contributed by atoms with Crippen LogP contribution in [0.15, 0.2) is 24.4 Å². The average molecular weight is 304 g/mol. The molecule has 0 aliphatic rings. The minimum Gasteiger partial charge on any atom is -0.358 e. The van der Waals surface area contributed by atoms with E-state index < -0.39 is 4.92 Å². The SMILES string of the molecule is Cc1ccc2nc(-c3ncc([N+](=O)[O-])n3C)nc(Cl)c2c1. The topological polar surface area (TPSA) is 86.7 Å². The van der Waals surface area contributed by atoms with Gasteiger partial charge in [-0.2, -0.15) is 0 Å². The van der Waals surface area contributed by atoms with Crippen LogP contribution in [0, 0.1) is 17.0 Å². The van der Waals surface area contributed by atoms with E-state index in [4.69, 9.17) is 11.6 Å². The molecular formula is C13H10ClN5O2. The molecule has 106 valence electrons. The first kappa shape index (κ1) is 13.4. The van der Waals surface area contributed by atoms with Gasteiger partial charge in [-0.05, 0) is 24.0 Å². The molecule has 0 unspecified atom stereocenters. The Morgan fingerprint density at radius 1 is 1.33 bits per heavy atom. The van der Waals surface area contributed by atoms with E-state index in [2.05, 4.69) is 15.0 Å². The van der Waals surface area contributed by atoms with Crippen molar-refractivity contribution in [2.45, 2.75) is 6.92 Å². The lowest BCUT2D eigenvalue weighted by atomic mass is 10.2. The monoisotopic (exact) mass is 303 g/mol. The Kier molecular flexibility index (Phi) is 3.06. The molecule has 0 radical (unpaired) electrons. The maximum absolute atomic E-state index is 10.9. The highest BCUT2D eigenvalue weighted by atomic mass is 35.5. The Labute approximate surface area is 124 Å². The molecule has 2 aromatic heterocycles. The van der Waals surface area contributed by atoms with Crippen LogP contribution in [0.3, 0.4) is 0 Å². The third-order valence-electron chi connectivity index (χ3n) is 3.16. The number of halogens is 1. The third kappa shape index (κ3) is 2.21. The zero-order valence-corrected chi connectivity index (χ0v) is 12.0. The highest BCUT2D eigenvalue weighted by Crippen LogP contribution is 2.26. The number of aromatic nitrogens is 4. The molecular weight excluding hydrogens is 294 g/mol. The lowest BCUT2D eigenvalue weighted by Crippen LogP contribution is -2.02. The number of imidazole rings is 1. The summed E-state index contributed by atoms with van der Waals surface area (Å²) in [5, 5.41) is 11.9. The number of nitro groups is 1. The first-order chi connectivity index (χ1) is 9.97. The Bertz CT molecular complexity index is 874. The zero-order valence-electron chi connectivity index (χ0n) is 11.2. The summed E-state index contributed by atoms with van der Waals surface area (Å²) < 4.78 is 1.33. The Hall–Kier alpha value is -2.54. The normalized spacial score (nSPS) is 11.0. The minimum absolute atomic E-state index is 0.131. The van der Waals surface area contributed by atoms with Crippen molar-refractivity contribution in [3.05, 3.63) is 45.2 Å². The van der Waals surface area contributed by atoms with E-state index in [9.17, 15) is 10.1 Å². The van der Waals surface area contributed by atoms with Gasteiger partial charge in [-0.25, -0.2) is 19.5 Å². The summed E-state index contributed by atoms with van der Waals surface area (Å²) in [6, 6.07) is 5.64. The van der Waals surface area contributed by atoms with Gasteiger partial charge < -0.3 is 10.1 Å². The fourth-order valence-corrected chi connectivity index (χ4v) is 2.31. The van der Waals surface area contributed by atoms with Crippen molar-refractivity contribution in [3.63, 3.8) is 0 Å². The van der Waals surface area contributed by atoms with Crippen LogP contribution in [0.25, 0.3) is 22.6 Å². The lowest BCUT2D eigenvalue weighted by molar-refractivity contribution is -0.391. The third-order valence-corrected chi connectivity index (χ3v) is 3.44. The van der Waals surface area contributed by atoms with E-state index in [0.717, 1.165) is 10.9 Å². The number of nitrogens with zero attached hydrogens (tertiary/aromatic N) is 5. The number of benzene rings is 1. The number of hydrogen-bond donors (Lipinski definition) is 0. The summed E-state index contributed by atoms with van der Waals surface area (Å²) in [7, 11) is 1.54. The number of rotatable bonds is 2. The van der Waals surface area contributed by atoms with Gasteiger partial charge in [0.2, 0.25) is 5.82 Å². The maximum Gasteiger partial charge on any atom is 0.343 e. The molecule has 3 rings (SSSR count). The molecule has 0 amide bonds. The van der Waals surface area contributed by atoms with Gasteiger partial charge in [0.25, 0.3) is 5.82 Å². The second-order valence-electron chi connectivity index (χ2n) is 4.61.